The molecule has 0 aromatic carbocycles. The van der Waals surface area contributed by atoms with Crippen molar-refractivity contribution in [2.24, 2.45) is 11.1 Å². The lowest BCUT2D eigenvalue weighted by atomic mass is 9.89. The van der Waals surface area contributed by atoms with Gasteiger partial charge in [0.15, 0.2) is 0 Å². The zero-order valence-corrected chi connectivity index (χ0v) is 12.0. The van der Waals surface area contributed by atoms with Crippen LogP contribution >= 0.6 is 12.2 Å². The molecule has 3 N–H and O–H groups in total. The Kier molecular flexibility index (Phi) is 3.71. The highest BCUT2D eigenvalue weighted by Crippen LogP contribution is 2.34. The van der Waals surface area contributed by atoms with Crippen molar-refractivity contribution in [2.45, 2.75) is 13.3 Å². The van der Waals surface area contributed by atoms with E-state index >= 15 is 0 Å². The number of nitrogens with zero attached hydrogens (tertiary/aromatic N) is 2. The minimum Gasteiger partial charge on any atom is -0.388 e. The van der Waals surface area contributed by atoms with Gasteiger partial charge in [-0.3, -0.25) is 9.78 Å². The number of hydrogen-bond acceptors (Lipinski definition) is 4. The van der Waals surface area contributed by atoms with E-state index in [1.54, 1.807) is 13.2 Å². The molecule has 1 aromatic rings. The van der Waals surface area contributed by atoms with Gasteiger partial charge in [0.2, 0.25) is 5.91 Å². The minimum atomic E-state index is -0.377. The van der Waals surface area contributed by atoms with Crippen molar-refractivity contribution in [3.63, 3.8) is 0 Å². The van der Waals surface area contributed by atoms with Crippen molar-refractivity contribution in [3.05, 3.63) is 24.0 Å². The number of rotatable bonds is 3. The number of carbonyl (C=O) groups is 1. The van der Waals surface area contributed by atoms with Gasteiger partial charge in [0.25, 0.3) is 0 Å². The first-order chi connectivity index (χ1) is 8.98. The second kappa shape index (κ2) is 5.13. The number of amides is 1. The standard InChI is InChI=1S/C13H18N4OS/c1-13(12(18)15-2)5-7-17(8-13)9-4-3-6-16-10(9)11(14)19/h3-4,6H,5,7-8H2,1-2H3,(H2,14,19)(H,15,18). The average molecular weight is 278 g/mol. The van der Waals surface area contributed by atoms with E-state index in [1.807, 2.05) is 19.1 Å². The molecular weight excluding hydrogens is 260 g/mol. The van der Waals surface area contributed by atoms with E-state index in [0.29, 0.717) is 12.2 Å². The van der Waals surface area contributed by atoms with Crippen LogP contribution in [0.3, 0.4) is 0 Å². The van der Waals surface area contributed by atoms with E-state index in [1.165, 1.54) is 0 Å². The Labute approximate surface area is 118 Å². The van der Waals surface area contributed by atoms with Gasteiger partial charge in [0, 0.05) is 26.3 Å². The fraction of sp³-hybridized carbons (Fsp3) is 0.462. The highest BCUT2D eigenvalue weighted by molar-refractivity contribution is 7.80. The monoisotopic (exact) mass is 278 g/mol. The second-order valence-corrected chi connectivity index (χ2v) is 5.49. The lowest BCUT2D eigenvalue weighted by molar-refractivity contribution is -0.128. The quantitative estimate of drug-likeness (QED) is 0.796. The van der Waals surface area contributed by atoms with Crippen LogP contribution in [0.25, 0.3) is 0 Å². The highest BCUT2D eigenvalue weighted by atomic mass is 32.1. The zero-order chi connectivity index (χ0) is 14.0. The molecule has 0 spiro atoms. The molecule has 1 aliphatic heterocycles. The van der Waals surface area contributed by atoms with E-state index in [9.17, 15) is 4.79 Å². The number of aromatic nitrogens is 1. The van der Waals surface area contributed by atoms with Gasteiger partial charge in [0.05, 0.1) is 11.1 Å². The predicted octanol–water partition coefficient (Wildman–Crippen LogP) is 0.678. The van der Waals surface area contributed by atoms with Crippen molar-refractivity contribution in [1.29, 1.82) is 0 Å². The van der Waals surface area contributed by atoms with Crippen LogP contribution < -0.4 is 16.0 Å². The molecule has 1 saturated heterocycles. The third kappa shape index (κ3) is 2.53. The lowest BCUT2D eigenvalue weighted by Gasteiger charge is -2.24. The molecule has 0 bridgehead atoms. The maximum atomic E-state index is 11.9. The molecule has 5 nitrogen and oxygen atoms in total. The molecule has 1 aromatic heterocycles. The van der Waals surface area contributed by atoms with Crippen LogP contribution in [0.1, 0.15) is 19.0 Å². The Morgan fingerprint density at radius 1 is 1.63 bits per heavy atom. The third-order valence-electron chi connectivity index (χ3n) is 3.61. The summed E-state index contributed by atoms with van der Waals surface area (Å²) in [4.78, 5) is 18.6. The van der Waals surface area contributed by atoms with Crippen LogP contribution in [0.5, 0.6) is 0 Å². The molecule has 1 amide bonds. The average Bonchev–Trinajstić information content (AvgIpc) is 2.81. The maximum Gasteiger partial charge on any atom is 0.227 e. The van der Waals surface area contributed by atoms with Gasteiger partial charge >= 0.3 is 0 Å². The molecule has 0 saturated carbocycles. The fourth-order valence-corrected chi connectivity index (χ4v) is 2.65. The maximum absolute atomic E-state index is 11.9. The van der Waals surface area contributed by atoms with Crippen LogP contribution in [-0.2, 0) is 4.79 Å². The zero-order valence-electron chi connectivity index (χ0n) is 11.1. The van der Waals surface area contributed by atoms with E-state index in [0.717, 1.165) is 18.7 Å². The first-order valence-corrected chi connectivity index (χ1v) is 6.61. The number of nitrogens with two attached hydrogens (primary N) is 1. The van der Waals surface area contributed by atoms with Crippen molar-refractivity contribution in [3.8, 4) is 0 Å². The summed E-state index contributed by atoms with van der Waals surface area (Å²) in [7, 11) is 1.67. The predicted molar refractivity (Wildman–Crippen MR) is 79.1 cm³/mol. The van der Waals surface area contributed by atoms with Gasteiger partial charge in [-0.05, 0) is 25.5 Å². The van der Waals surface area contributed by atoms with Crippen LogP contribution in [0.15, 0.2) is 18.3 Å². The summed E-state index contributed by atoms with van der Waals surface area (Å²) >= 11 is 5.03. The highest BCUT2D eigenvalue weighted by Gasteiger charge is 2.40. The first kappa shape index (κ1) is 13.7. The Balaban J connectivity index is 2.27. The summed E-state index contributed by atoms with van der Waals surface area (Å²) < 4.78 is 0. The van der Waals surface area contributed by atoms with E-state index in [4.69, 9.17) is 18.0 Å². The number of thiocarbonyl (C=S) groups is 1. The fourth-order valence-electron chi connectivity index (χ4n) is 2.50. The molecule has 1 unspecified atom stereocenters. The van der Waals surface area contributed by atoms with Crippen molar-refractivity contribution < 1.29 is 4.79 Å². The van der Waals surface area contributed by atoms with Crippen molar-refractivity contribution >= 4 is 28.8 Å². The van der Waals surface area contributed by atoms with Crippen LogP contribution in [0.4, 0.5) is 5.69 Å². The Morgan fingerprint density at radius 3 is 3.00 bits per heavy atom. The molecule has 19 heavy (non-hydrogen) atoms. The Morgan fingerprint density at radius 2 is 2.37 bits per heavy atom. The number of pyridine rings is 1. The number of hydrogen-bond donors (Lipinski definition) is 2. The second-order valence-electron chi connectivity index (χ2n) is 5.05. The SMILES string of the molecule is CNC(=O)C1(C)CCN(c2cccnc2C(N)=S)C1. The molecule has 0 aliphatic carbocycles. The number of anilines is 1. The van der Waals surface area contributed by atoms with Gasteiger partial charge < -0.3 is 16.0 Å². The first-order valence-electron chi connectivity index (χ1n) is 6.20. The van der Waals surface area contributed by atoms with Crippen LogP contribution in [0.2, 0.25) is 0 Å². The van der Waals surface area contributed by atoms with Gasteiger partial charge in [-0.15, -0.1) is 0 Å². The molecule has 1 atom stereocenters. The Hall–Kier alpha value is -1.69. The number of carbonyl (C=O) groups excluding carboxylic acids is 1. The van der Waals surface area contributed by atoms with E-state index < -0.39 is 0 Å². The van der Waals surface area contributed by atoms with Crippen LogP contribution in [-0.4, -0.2) is 36.0 Å². The van der Waals surface area contributed by atoms with Crippen molar-refractivity contribution in [1.82, 2.24) is 10.3 Å². The van der Waals surface area contributed by atoms with Gasteiger partial charge in [0.1, 0.15) is 10.7 Å². The van der Waals surface area contributed by atoms with Gasteiger partial charge in [-0.25, -0.2) is 0 Å². The lowest BCUT2D eigenvalue weighted by Crippen LogP contribution is -2.39. The summed E-state index contributed by atoms with van der Waals surface area (Å²) in [5.74, 6) is 0.0655. The number of nitrogens with one attached hydrogen (secondary N) is 1. The van der Waals surface area contributed by atoms with Crippen molar-refractivity contribution in [2.75, 3.05) is 25.0 Å². The molecule has 1 aliphatic rings. The summed E-state index contributed by atoms with van der Waals surface area (Å²) in [5, 5.41) is 2.73. The summed E-state index contributed by atoms with van der Waals surface area (Å²) in [6, 6.07) is 3.80. The van der Waals surface area contributed by atoms with E-state index in [2.05, 4.69) is 15.2 Å². The molecule has 1 fully saturated rings. The molecule has 2 heterocycles. The largest absolute Gasteiger partial charge is 0.388 e. The van der Waals surface area contributed by atoms with E-state index in [-0.39, 0.29) is 16.3 Å². The molecule has 6 heteroatoms. The molecular formula is C13H18N4OS. The summed E-state index contributed by atoms with van der Waals surface area (Å²) in [6.07, 6.45) is 2.48. The third-order valence-corrected chi connectivity index (χ3v) is 3.80. The van der Waals surface area contributed by atoms with Gasteiger partial charge in [-0.1, -0.05) is 12.2 Å². The molecule has 102 valence electrons. The molecule has 0 radical (unpaired) electrons. The summed E-state index contributed by atoms with van der Waals surface area (Å²) in [5.41, 5.74) is 6.85. The topological polar surface area (TPSA) is 71.2 Å². The van der Waals surface area contributed by atoms with Crippen LogP contribution in [0, 0.1) is 5.41 Å². The normalized spacial score (nSPS) is 22.3. The minimum absolute atomic E-state index is 0.0655. The smallest absolute Gasteiger partial charge is 0.227 e. The summed E-state index contributed by atoms with van der Waals surface area (Å²) in [6.45, 7) is 3.42. The Bertz CT molecular complexity index is 519. The molecule has 2 rings (SSSR count). The van der Waals surface area contributed by atoms with Gasteiger partial charge in [-0.2, -0.15) is 0 Å².